The quantitative estimate of drug-likeness (QED) is 0.839. The lowest BCUT2D eigenvalue weighted by Gasteiger charge is -2.37. The fraction of sp³-hybridized carbons (Fsp3) is 0.588. The molecule has 0 N–H and O–H groups in total. The molecule has 1 aromatic carbocycles. The normalized spacial score (nSPS) is 21.1. The molecule has 0 aliphatic carbocycles. The zero-order chi connectivity index (χ0) is 14.7. The lowest BCUT2D eigenvalue weighted by Crippen LogP contribution is -2.50. The van der Waals surface area contributed by atoms with Gasteiger partial charge < -0.3 is 9.80 Å². The molecule has 1 aliphatic heterocycles. The van der Waals surface area contributed by atoms with Gasteiger partial charge in [0.25, 0.3) is 0 Å². The molecule has 1 heterocycles. The van der Waals surface area contributed by atoms with Crippen molar-refractivity contribution >= 4 is 5.78 Å². The molecule has 1 aromatic rings. The summed E-state index contributed by atoms with van der Waals surface area (Å²) in [5.74, 6) is 0.348. The maximum absolute atomic E-state index is 12.3. The summed E-state index contributed by atoms with van der Waals surface area (Å²) >= 11 is 0. The third-order valence-electron chi connectivity index (χ3n) is 4.42. The topological polar surface area (TPSA) is 23.6 Å². The molecule has 20 heavy (non-hydrogen) atoms. The van der Waals surface area contributed by atoms with Crippen molar-refractivity contribution in [2.45, 2.75) is 32.7 Å². The van der Waals surface area contributed by atoms with E-state index in [9.17, 15) is 4.79 Å². The van der Waals surface area contributed by atoms with Gasteiger partial charge in [-0.2, -0.15) is 0 Å². The van der Waals surface area contributed by atoms with Gasteiger partial charge >= 0.3 is 0 Å². The summed E-state index contributed by atoms with van der Waals surface area (Å²) in [5, 5.41) is 0. The van der Waals surface area contributed by atoms with Crippen molar-refractivity contribution in [3.8, 4) is 0 Å². The summed E-state index contributed by atoms with van der Waals surface area (Å²) in [6, 6.07) is 6.70. The van der Waals surface area contributed by atoms with Crippen molar-refractivity contribution in [3.05, 3.63) is 34.9 Å². The number of carbonyl (C=O) groups is 1. The number of hydrogen-bond acceptors (Lipinski definition) is 3. The number of likely N-dealkylation sites (N-methyl/N-ethyl adjacent to an activating group) is 2. The number of carbonyl (C=O) groups excluding carboxylic acids is 1. The van der Waals surface area contributed by atoms with E-state index in [0.29, 0.717) is 24.7 Å². The number of aryl methyl sites for hydroxylation is 2. The van der Waals surface area contributed by atoms with Crippen LogP contribution in [0.25, 0.3) is 0 Å². The van der Waals surface area contributed by atoms with Gasteiger partial charge in [-0.15, -0.1) is 0 Å². The fourth-order valence-electron chi connectivity index (χ4n) is 2.80. The Balaban J connectivity index is 1.93. The molecule has 0 radical (unpaired) electrons. The van der Waals surface area contributed by atoms with Gasteiger partial charge in [-0.05, 0) is 44.6 Å². The number of rotatable bonds is 4. The Hall–Kier alpha value is -1.19. The standard InChI is InChI=1S/C17H26N2O/c1-13-5-6-15(9-14(13)2)10-17(20)11-16-12-18(3)7-8-19(16)4/h5-6,9,16H,7-8,10-12H2,1-4H3. The minimum Gasteiger partial charge on any atom is -0.304 e. The summed E-state index contributed by atoms with van der Waals surface area (Å²) in [7, 11) is 4.26. The molecule has 0 aromatic heterocycles. The number of nitrogens with zero attached hydrogens (tertiary/aromatic N) is 2. The molecule has 110 valence electrons. The Kier molecular flexibility index (Phi) is 4.95. The summed E-state index contributed by atoms with van der Waals surface area (Å²) in [5.41, 5.74) is 3.70. The lowest BCUT2D eigenvalue weighted by atomic mass is 9.98. The maximum atomic E-state index is 12.3. The Morgan fingerprint density at radius 3 is 2.65 bits per heavy atom. The summed E-state index contributed by atoms with van der Waals surface area (Å²) < 4.78 is 0. The second-order valence-electron chi connectivity index (χ2n) is 6.23. The van der Waals surface area contributed by atoms with Crippen LogP contribution in [0.4, 0.5) is 0 Å². The molecule has 3 nitrogen and oxygen atoms in total. The number of Topliss-reactive ketones (excluding diaryl/α,β-unsaturated/α-hetero) is 1. The zero-order valence-electron chi connectivity index (χ0n) is 13.1. The predicted molar refractivity (Wildman–Crippen MR) is 83.2 cm³/mol. The van der Waals surface area contributed by atoms with Gasteiger partial charge in [-0.25, -0.2) is 0 Å². The number of ketones is 1. The Morgan fingerprint density at radius 1 is 1.20 bits per heavy atom. The van der Waals surface area contributed by atoms with E-state index in [1.807, 2.05) is 0 Å². The third kappa shape index (κ3) is 3.90. The van der Waals surface area contributed by atoms with E-state index in [2.05, 4.69) is 55.9 Å². The monoisotopic (exact) mass is 274 g/mol. The van der Waals surface area contributed by atoms with E-state index in [1.54, 1.807) is 0 Å². The van der Waals surface area contributed by atoms with Crippen molar-refractivity contribution in [2.24, 2.45) is 0 Å². The van der Waals surface area contributed by atoms with Crippen LogP contribution in [0.5, 0.6) is 0 Å². The van der Waals surface area contributed by atoms with E-state index in [1.165, 1.54) is 11.1 Å². The van der Waals surface area contributed by atoms with Crippen LogP contribution in [-0.4, -0.2) is 55.4 Å². The average molecular weight is 274 g/mol. The van der Waals surface area contributed by atoms with Crippen LogP contribution in [0, 0.1) is 13.8 Å². The molecule has 0 bridgehead atoms. The van der Waals surface area contributed by atoms with Crippen molar-refractivity contribution < 1.29 is 4.79 Å². The summed E-state index contributed by atoms with van der Waals surface area (Å²) in [6.07, 6.45) is 1.23. The molecule has 1 atom stereocenters. The van der Waals surface area contributed by atoms with Crippen LogP contribution >= 0.6 is 0 Å². The van der Waals surface area contributed by atoms with Crippen molar-refractivity contribution in [2.75, 3.05) is 33.7 Å². The fourth-order valence-corrected chi connectivity index (χ4v) is 2.80. The highest BCUT2D eigenvalue weighted by atomic mass is 16.1. The molecule has 2 rings (SSSR count). The Labute approximate surface area is 122 Å². The second-order valence-corrected chi connectivity index (χ2v) is 6.23. The third-order valence-corrected chi connectivity index (χ3v) is 4.42. The van der Waals surface area contributed by atoms with E-state index >= 15 is 0 Å². The number of benzene rings is 1. The molecule has 3 heteroatoms. The van der Waals surface area contributed by atoms with Crippen LogP contribution in [-0.2, 0) is 11.2 Å². The molecule has 1 saturated heterocycles. The van der Waals surface area contributed by atoms with E-state index in [-0.39, 0.29) is 0 Å². The van der Waals surface area contributed by atoms with E-state index in [0.717, 1.165) is 25.2 Å². The predicted octanol–water partition coefficient (Wildman–Crippen LogP) is 2.05. The van der Waals surface area contributed by atoms with Crippen LogP contribution < -0.4 is 0 Å². The first-order valence-corrected chi connectivity index (χ1v) is 7.42. The SMILES string of the molecule is Cc1ccc(CC(=O)CC2CN(C)CCN2C)cc1C. The van der Waals surface area contributed by atoms with Gasteiger partial charge in [0.05, 0.1) is 0 Å². The lowest BCUT2D eigenvalue weighted by molar-refractivity contribution is -0.120. The maximum Gasteiger partial charge on any atom is 0.138 e. The van der Waals surface area contributed by atoms with Gasteiger partial charge in [0.15, 0.2) is 0 Å². The average Bonchev–Trinajstić information content (AvgIpc) is 2.38. The van der Waals surface area contributed by atoms with Crippen LogP contribution in [0.15, 0.2) is 18.2 Å². The largest absolute Gasteiger partial charge is 0.304 e. The first-order chi connectivity index (χ1) is 9.45. The molecule has 1 aliphatic rings. The smallest absolute Gasteiger partial charge is 0.138 e. The van der Waals surface area contributed by atoms with E-state index < -0.39 is 0 Å². The molecule has 0 saturated carbocycles. The first kappa shape index (κ1) is 15.2. The van der Waals surface area contributed by atoms with Crippen molar-refractivity contribution in [1.29, 1.82) is 0 Å². The highest BCUT2D eigenvalue weighted by molar-refractivity contribution is 5.81. The van der Waals surface area contributed by atoms with Gasteiger partial charge in [-0.3, -0.25) is 4.79 Å². The molecule has 0 amide bonds. The van der Waals surface area contributed by atoms with Gasteiger partial charge in [-0.1, -0.05) is 18.2 Å². The highest BCUT2D eigenvalue weighted by Gasteiger charge is 2.24. The van der Waals surface area contributed by atoms with Crippen LogP contribution in [0.1, 0.15) is 23.1 Å². The summed E-state index contributed by atoms with van der Waals surface area (Å²) in [4.78, 5) is 16.9. The number of hydrogen-bond donors (Lipinski definition) is 0. The van der Waals surface area contributed by atoms with E-state index in [4.69, 9.17) is 0 Å². The molecule has 1 fully saturated rings. The second kappa shape index (κ2) is 6.51. The first-order valence-electron chi connectivity index (χ1n) is 7.42. The molecule has 0 spiro atoms. The Bertz CT molecular complexity index is 484. The minimum atomic E-state index is 0.348. The molecular weight excluding hydrogens is 248 g/mol. The van der Waals surface area contributed by atoms with Crippen LogP contribution in [0.2, 0.25) is 0 Å². The van der Waals surface area contributed by atoms with Gasteiger partial charge in [0.2, 0.25) is 0 Å². The number of piperazine rings is 1. The molecular formula is C17H26N2O. The summed E-state index contributed by atoms with van der Waals surface area (Å²) in [6.45, 7) is 7.35. The zero-order valence-corrected chi connectivity index (χ0v) is 13.1. The molecule has 1 unspecified atom stereocenters. The van der Waals surface area contributed by atoms with Gasteiger partial charge in [0, 0.05) is 38.5 Å². The van der Waals surface area contributed by atoms with Gasteiger partial charge in [0.1, 0.15) is 5.78 Å². The van der Waals surface area contributed by atoms with Crippen molar-refractivity contribution in [3.63, 3.8) is 0 Å². The highest BCUT2D eigenvalue weighted by Crippen LogP contribution is 2.14. The van der Waals surface area contributed by atoms with Crippen molar-refractivity contribution in [1.82, 2.24) is 9.80 Å². The Morgan fingerprint density at radius 2 is 1.95 bits per heavy atom. The minimum absolute atomic E-state index is 0.348. The van der Waals surface area contributed by atoms with Crippen LogP contribution in [0.3, 0.4) is 0 Å².